The van der Waals surface area contributed by atoms with Crippen LogP contribution in [-0.4, -0.2) is 62.9 Å². The molecule has 29 heavy (non-hydrogen) atoms. The Morgan fingerprint density at radius 1 is 1.07 bits per heavy atom. The van der Waals surface area contributed by atoms with Crippen molar-refractivity contribution in [2.24, 2.45) is 0 Å². The Morgan fingerprint density at radius 3 is 2.31 bits per heavy atom. The number of hydrogen-bond acceptors (Lipinski definition) is 4. The van der Waals surface area contributed by atoms with Crippen LogP contribution in [0, 0.1) is 0 Å². The van der Waals surface area contributed by atoms with Gasteiger partial charge in [-0.05, 0) is 31.9 Å². The Labute approximate surface area is 172 Å². The summed E-state index contributed by atoms with van der Waals surface area (Å²) >= 11 is 0. The van der Waals surface area contributed by atoms with E-state index in [1.807, 2.05) is 0 Å². The molecule has 3 N–H and O–H groups in total. The standard InChI is InChI=1S/C20H30N4O4S/c1-16(19(25)22-20(26)21-17-8-4-2-5-9-17)23-12-14-24(15-13-23)29(27,28)18-10-6-3-7-11-18/h3,6-7,10-11,16-17H,2,4-5,8-9,12-15H2,1H3,(H2,21,22,25,26)/p+1/t16-/m0/s1. The van der Waals surface area contributed by atoms with Gasteiger partial charge < -0.3 is 10.2 Å². The number of hydrogen-bond donors (Lipinski definition) is 3. The van der Waals surface area contributed by atoms with Crippen molar-refractivity contribution in [2.75, 3.05) is 26.2 Å². The molecule has 1 saturated heterocycles. The van der Waals surface area contributed by atoms with Crippen LogP contribution in [0.1, 0.15) is 39.0 Å². The van der Waals surface area contributed by atoms with Gasteiger partial charge in [-0.1, -0.05) is 37.5 Å². The molecule has 1 aliphatic carbocycles. The normalized spacial score (nSPS) is 20.7. The van der Waals surface area contributed by atoms with Gasteiger partial charge in [-0.15, -0.1) is 0 Å². The lowest BCUT2D eigenvalue weighted by molar-refractivity contribution is -0.917. The zero-order chi connectivity index (χ0) is 20.9. The third-order valence-electron chi connectivity index (χ3n) is 5.93. The minimum atomic E-state index is -3.51. The van der Waals surface area contributed by atoms with E-state index in [9.17, 15) is 18.0 Å². The Bertz CT molecular complexity index is 801. The lowest BCUT2D eigenvalue weighted by Crippen LogP contribution is -3.19. The van der Waals surface area contributed by atoms with Crippen LogP contribution in [0.3, 0.4) is 0 Å². The van der Waals surface area contributed by atoms with Crippen LogP contribution in [0.4, 0.5) is 4.79 Å². The summed E-state index contributed by atoms with van der Waals surface area (Å²) in [6, 6.07) is 7.67. The van der Waals surface area contributed by atoms with Gasteiger partial charge in [0.1, 0.15) is 0 Å². The van der Waals surface area contributed by atoms with Crippen LogP contribution in [0.25, 0.3) is 0 Å². The molecule has 9 heteroatoms. The molecule has 1 aliphatic heterocycles. The highest BCUT2D eigenvalue weighted by atomic mass is 32.2. The van der Waals surface area contributed by atoms with E-state index in [0.29, 0.717) is 26.2 Å². The number of amides is 3. The summed E-state index contributed by atoms with van der Waals surface area (Å²) in [5.74, 6) is -0.326. The van der Waals surface area contributed by atoms with Gasteiger partial charge in [0, 0.05) is 6.04 Å². The van der Waals surface area contributed by atoms with Crippen LogP contribution >= 0.6 is 0 Å². The summed E-state index contributed by atoms with van der Waals surface area (Å²) in [6.07, 6.45) is 5.33. The number of sulfonamides is 1. The topological polar surface area (TPSA) is 100 Å². The second kappa shape index (κ2) is 9.69. The second-order valence-corrected chi connectivity index (χ2v) is 9.83. The van der Waals surface area contributed by atoms with Gasteiger partial charge in [0.05, 0.1) is 31.1 Å². The molecule has 0 unspecified atom stereocenters. The smallest absolute Gasteiger partial charge is 0.321 e. The first-order valence-corrected chi connectivity index (χ1v) is 11.8. The van der Waals surface area contributed by atoms with Gasteiger partial charge in [0.15, 0.2) is 6.04 Å². The van der Waals surface area contributed by atoms with Crippen molar-refractivity contribution >= 4 is 22.0 Å². The molecule has 1 heterocycles. The largest absolute Gasteiger partial charge is 0.335 e. The lowest BCUT2D eigenvalue weighted by Gasteiger charge is -2.34. The van der Waals surface area contributed by atoms with Gasteiger partial charge >= 0.3 is 6.03 Å². The maximum atomic E-state index is 12.7. The monoisotopic (exact) mass is 423 g/mol. The van der Waals surface area contributed by atoms with E-state index in [1.165, 1.54) is 10.7 Å². The van der Waals surface area contributed by atoms with E-state index < -0.39 is 22.1 Å². The van der Waals surface area contributed by atoms with Gasteiger partial charge in [0.2, 0.25) is 10.0 Å². The zero-order valence-electron chi connectivity index (χ0n) is 16.9. The summed E-state index contributed by atoms with van der Waals surface area (Å²) in [5, 5.41) is 5.33. The second-order valence-electron chi connectivity index (χ2n) is 7.89. The molecular weight excluding hydrogens is 392 g/mol. The molecule has 0 aromatic heterocycles. The van der Waals surface area contributed by atoms with Crippen molar-refractivity contribution in [3.63, 3.8) is 0 Å². The average Bonchev–Trinajstić information content (AvgIpc) is 2.74. The van der Waals surface area contributed by atoms with E-state index >= 15 is 0 Å². The zero-order valence-corrected chi connectivity index (χ0v) is 17.7. The van der Waals surface area contributed by atoms with E-state index in [1.54, 1.807) is 37.3 Å². The number of benzene rings is 1. The molecule has 3 amide bonds. The lowest BCUT2D eigenvalue weighted by atomic mass is 9.96. The van der Waals surface area contributed by atoms with Crippen molar-refractivity contribution in [1.29, 1.82) is 0 Å². The van der Waals surface area contributed by atoms with Gasteiger partial charge in [-0.2, -0.15) is 4.31 Å². The summed E-state index contributed by atoms with van der Waals surface area (Å²) in [4.78, 5) is 25.8. The quantitative estimate of drug-likeness (QED) is 0.626. The minimum absolute atomic E-state index is 0.144. The number of nitrogens with zero attached hydrogens (tertiary/aromatic N) is 1. The fourth-order valence-corrected chi connectivity index (χ4v) is 5.52. The van der Waals surface area contributed by atoms with Gasteiger partial charge in [0.25, 0.3) is 5.91 Å². The van der Waals surface area contributed by atoms with Crippen LogP contribution < -0.4 is 15.5 Å². The highest BCUT2D eigenvalue weighted by Crippen LogP contribution is 2.17. The maximum Gasteiger partial charge on any atom is 0.321 e. The van der Waals surface area contributed by atoms with Crippen LogP contribution in [0.15, 0.2) is 35.2 Å². The third-order valence-corrected chi connectivity index (χ3v) is 7.84. The highest BCUT2D eigenvalue weighted by Gasteiger charge is 2.34. The minimum Gasteiger partial charge on any atom is -0.335 e. The van der Waals surface area contributed by atoms with Crippen molar-refractivity contribution < 1.29 is 22.9 Å². The summed E-state index contributed by atoms with van der Waals surface area (Å²) in [5.41, 5.74) is 0. The molecule has 1 saturated carbocycles. The number of quaternary nitrogens is 1. The maximum absolute atomic E-state index is 12.7. The number of carbonyl (C=O) groups is 2. The first-order valence-electron chi connectivity index (χ1n) is 10.4. The highest BCUT2D eigenvalue weighted by molar-refractivity contribution is 7.89. The number of rotatable bonds is 5. The first kappa shape index (κ1) is 21.7. The molecule has 1 aromatic rings. The molecule has 1 atom stereocenters. The molecule has 0 spiro atoms. The number of imide groups is 1. The number of carbonyl (C=O) groups excluding carboxylic acids is 2. The molecule has 0 bridgehead atoms. The molecule has 1 aromatic carbocycles. The Kier molecular flexibility index (Phi) is 7.26. The Morgan fingerprint density at radius 2 is 1.69 bits per heavy atom. The number of urea groups is 1. The molecular formula is C20H31N4O4S+. The van der Waals surface area contributed by atoms with Crippen LogP contribution in [-0.2, 0) is 14.8 Å². The van der Waals surface area contributed by atoms with Crippen LogP contribution in [0.2, 0.25) is 0 Å². The van der Waals surface area contributed by atoms with Crippen molar-refractivity contribution in [3.05, 3.63) is 30.3 Å². The van der Waals surface area contributed by atoms with Crippen molar-refractivity contribution in [1.82, 2.24) is 14.9 Å². The summed E-state index contributed by atoms with van der Waals surface area (Å²) in [7, 11) is -3.51. The third kappa shape index (κ3) is 5.55. The molecule has 0 radical (unpaired) electrons. The fourth-order valence-electron chi connectivity index (χ4n) is 4.06. The fraction of sp³-hybridized carbons (Fsp3) is 0.600. The molecule has 3 rings (SSSR count). The summed E-state index contributed by atoms with van der Waals surface area (Å²) < 4.78 is 26.9. The molecule has 8 nitrogen and oxygen atoms in total. The number of piperazine rings is 1. The first-order chi connectivity index (χ1) is 13.9. The van der Waals surface area contributed by atoms with E-state index in [-0.39, 0.29) is 16.8 Å². The van der Waals surface area contributed by atoms with Crippen molar-refractivity contribution in [3.8, 4) is 0 Å². The SMILES string of the molecule is C[C@@H](C(=O)NC(=O)NC1CCCCC1)[NH+]1CCN(S(=O)(=O)c2ccccc2)CC1. The van der Waals surface area contributed by atoms with E-state index in [0.717, 1.165) is 30.6 Å². The van der Waals surface area contributed by atoms with Gasteiger partial charge in [-0.25, -0.2) is 13.2 Å². The van der Waals surface area contributed by atoms with E-state index in [2.05, 4.69) is 10.6 Å². The van der Waals surface area contributed by atoms with Crippen molar-refractivity contribution in [2.45, 2.75) is 56.0 Å². The van der Waals surface area contributed by atoms with Gasteiger partial charge in [-0.3, -0.25) is 10.1 Å². The predicted octanol–water partition coefficient (Wildman–Crippen LogP) is 0.123. The average molecular weight is 424 g/mol. The number of nitrogens with one attached hydrogen (secondary N) is 3. The summed E-state index contributed by atoms with van der Waals surface area (Å²) in [6.45, 7) is 3.51. The Hall–Kier alpha value is -1.97. The predicted molar refractivity (Wildman–Crippen MR) is 109 cm³/mol. The van der Waals surface area contributed by atoms with Crippen LogP contribution in [0.5, 0.6) is 0 Å². The Balaban J connectivity index is 1.48. The molecule has 2 fully saturated rings. The molecule has 2 aliphatic rings. The van der Waals surface area contributed by atoms with E-state index in [4.69, 9.17) is 0 Å². The molecule has 160 valence electrons.